The van der Waals surface area contributed by atoms with Crippen LogP contribution in [0.1, 0.15) is 24.0 Å². The standard InChI is InChI=1S/C21H17FN2O3/c1-13-18(15-7-9-16(22)10-8-15)17(11-23)20(24)27-19(13)21(25)26-12-14-5-3-2-4-6-14/h2-10,18H,12,24H2,1H3. The number of halogens is 1. The maximum Gasteiger partial charge on any atom is 0.374 e. The maximum atomic E-state index is 13.3. The fraction of sp³-hybridized carbons (Fsp3) is 0.143. The summed E-state index contributed by atoms with van der Waals surface area (Å²) in [6.45, 7) is 1.74. The summed E-state index contributed by atoms with van der Waals surface area (Å²) < 4.78 is 24.0. The van der Waals surface area contributed by atoms with Gasteiger partial charge in [-0.25, -0.2) is 9.18 Å². The highest BCUT2D eigenvalue weighted by molar-refractivity contribution is 5.88. The van der Waals surface area contributed by atoms with Crippen LogP contribution in [-0.4, -0.2) is 5.97 Å². The third kappa shape index (κ3) is 3.82. The van der Waals surface area contributed by atoms with E-state index in [2.05, 4.69) is 0 Å². The minimum absolute atomic E-state index is 0.0586. The van der Waals surface area contributed by atoms with Gasteiger partial charge in [0.2, 0.25) is 11.6 Å². The van der Waals surface area contributed by atoms with Gasteiger partial charge in [-0.1, -0.05) is 42.5 Å². The van der Waals surface area contributed by atoms with Crippen LogP contribution < -0.4 is 5.73 Å². The number of carbonyl (C=O) groups is 1. The fourth-order valence-corrected chi connectivity index (χ4v) is 2.92. The molecule has 0 aromatic heterocycles. The van der Waals surface area contributed by atoms with Crippen LogP contribution in [0.3, 0.4) is 0 Å². The highest BCUT2D eigenvalue weighted by Crippen LogP contribution is 2.39. The molecule has 0 amide bonds. The third-order valence-corrected chi connectivity index (χ3v) is 4.28. The number of nitriles is 1. The number of carbonyl (C=O) groups excluding carboxylic acids is 1. The normalized spacial score (nSPS) is 16.6. The molecule has 5 nitrogen and oxygen atoms in total. The van der Waals surface area contributed by atoms with E-state index in [-0.39, 0.29) is 23.8 Å². The van der Waals surface area contributed by atoms with E-state index in [1.54, 1.807) is 19.1 Å². The zero-order valence-electron chi connectivity index (χ0n) is 14.6. The van der Waals surface area contributed by atoms with Crippen molar-refractivity contribution < 1.29 is 18.7 Å². The minimum Gasteiger partial charge on any atom is -0.455 e. The van der Waals surface area contributed by atoms with Crippen molar-refractivity contribution in [2.45, 2.75) is 19.4 Å². The minimum atomic E-state index is -0.677. The van der Waals surface area contributed by atoms with Gasteiger partial charge in [-0.15, -0.1) is 0 Å². The second-order valence-corrected chi connectivity index (χ2v) is 6.05. The summed E-state index contributed by atoms with van der Waals surface area (Å²) in [6, 6.07) is 16.9. The van der Waals surface area contributed by atoms with Crippen molar-refractivity contribution >= 4 is 5.97 Å². The summed E-state index contributed by atoms with van der Waals surface area (Å²) in [6.07, 6.45) is 0. The van der Waals surface area contributed by atoms with Crippen LogP contribution in [0.5, 0.6) is 0 Å². The smallest absolute Gasteiger partial charge is 0.374 e. The lowest BCUT2D eigenvalue weighted by Gasteiger charge is -2.26. The lowest BCUT2D eigenvalue weighted by Crippen LogP contribution is -2.24. The number of benzene rings is 2. The number of nitrogens with zero attached hydrogens (tertiary/aromatic N) is 1. The number of esters is 1. The van der Waals surface area contributed by atoms with E-state index in [4.69, 9.17) is 15.2 Å². The highest BCUT2D eigenvalue weighted by Gasteiger charge is 2.33. The Bertz CT molecular complexity index is 957. The molecule has 0 saturated heterocycles. The first-order chi connectivity index (χ1) is 13.0. The average molecular weight is 364 g/mol. The van der Waals surface area contributed by atoms with Crippen LogP contribution in [-0.2, 0) is 20.9 Å². The summed E-state index contributed by atoms with van der Waals surface area (Å²) in [4.78, 5) is 12.5. The summed E-state index contributed by atoms with van der Waals surface area (Å²) in [7, 11) is 0. The Morgan fingerprint density at radius 1 is 1.22 bits per heavy atom. The van der Waals surface area contributed by atoms with E-state index >= 15 is 0 Å². The number of hydrogen-bond acceptors (Lipinski definition) is 5. The van der Waals surface area contributed by atoms with Crippen LogP contribution in [0, 0.1) is 17.1 Å². The van der Waals surface area contributed by atoms with Gasteiger partial charge >= 0.3 is 5.97 Å². The van der Waals surface area contributed by atoms with Crippen LogP contribution in [0.25, 0.3) is 0 Å². The topological polar surface area (TPSA) is 85.3 Å². The van der Waals surface area contributed by atoms with Crippen LogP contribution in [0.15, 0.2) is 77.4 Å². The van der Waals surface area contributed by atoms with Gasteiger partial charge in [0.05, 0.1) is 0 Å². The lowest BCUT2D eigenvalue weighted by atomic mass is 9.84. The molecule has 0 spiro atoms. The molecule has 1 heterocycles. The molecule has 136 valence electrons. The summed E-state index contributed by atoms with van der Waals surface area (Å²) >= 11 is 0. The molecule has 1 atom stereocenters. The Kier molecular flexibility index (Phi) is 5.23. The zero-order chi connectivity index (χ0) is 19.4. The monoisotopic (exact) mass is 364 g/mol. The second-order valence-electron chi connectivity index (χ2n) is 6.05. The molecule has 2 aromatic rings. The van der Waals surface area contributed by atoms with E-state index in [0.29, 0.717) is 11.1 Å². The molecular weight excluding hydrogens is 347 g/mol. The van der Waals surface area contributed by atoms with Crippen molar-refractivity contribution in [3.8, 4) is 6.07 Å². The van der Waals surface area contributed by atoms with Crippen molar-refractivity contribution in [3.05, 3.63) is 94.3 Å². The van der Waals surface area contributed by atoms with Crippen molar-refractivity contribution in [1.29, 1.82) is 5.26 Å². The van der Waals surface area contributed by atoms with Gasteiger partial charge < -0.3 is 15.2 Å². The molecule has 0 aliphatic carbocycles. The number of ether oxygens (including phenoxy) is 2. The number of allylic oxidation sites excluding steroid dienone is 2. The average Bonchev–Trinajstić information content (AvgIpc) is 2.69. The van der Waals surface area contributed by atoms with E-state index in [1.807, 2.05) is 36.4 Å². The Labute approximate surface area is 156 Å². The predicted octanol–water partition coefficient (Wildman–Crippen LogP) is 3.65. The Morgan fingerprint density at radius 2 is 1.89 bits per heavy atom. The molecule has 0 radical (unpaired) electrons. The molecular formula is C21H17FN2O3. The molecule has 0 fully saturated rings. The molecule has 1 aliphatic heterocycles. The third-order valence-electron chi connectivity index (χ3n) is 4.28. The van der Waals surface area contributed by atoms with E-state index in [0.717, 1.165) is 5.56 Å². The molecule has 2 N–H and O–H groups in total. The van der Waals surface area contributed by atoms with Gasteiger partial charge in [0.15, 0.2) is 0 Å². The second kappa shape index (κ2) is 7.75. The molecule has 3 rings (SSSR count). The van der Waals surface area contributed by atoms with Gasteiger partial charge in [-0.05, 0) is 35.8 Å². The Hall–Kier alpha value is -3.59. The van der Waals surface area contributed by atoms with Gasteiger partial charge in [-0.3, -0.25) is 0 Å². The van der Waals surface area contributed by atoms with E-state index in [1.165, 1.54) is 12.1 Å². The highest BCUT2D eigenvalue weighted by atomic mass is 19.1. The van der Waals surface area contributed by atoms with E-state index < -0.39 is 17.7 Å². The van der Waals surface area contributed by atoms with Gasteiger partial charge in [0, 0.05) is 5.92 Å². The fourth-order valence-electron chi connectivity index (χ4n) is 2.92. The molecule has 6 heteroatoms. The molecule has 0 bridgehead atoms. The molecule has 0 saturated carbocycles. The van der Waals surface area contributed by atoms with Crippen molar-refractivity contribution in [1.82, 2.24) is 0 Å². The lowest BCUT2D eigenvalue weighted by molar-refractivity contribution is -0.144. The van der Waals surface area contributed by atoms with Crippen LogP contribution in [0.4, 0.5) is 4.39 Å². The Balaban J connectivity index is 1.90. The zero-order valence-corrected chi connectivity index (χ0v) is 14.6. The van der Waals surface area contributed by atoms with Gasteiger partial charge in [0.1, 0.15) is 24.1 Å². The first kappa shape index (κ1) is 18.2. The van der Waals surface area contributed by atoms with Gasteiger partial charge in [-0.2, -0.15) is 5.26 Å². The predicted molar refractivity (Wildman–Crippen MR) is 96.0 cm³/mol. The molecule has 1 aliphatic rings. The largest absolute Gasteiger partial charge is 0.455 e. The van der Waals surface area contributed by atoms with Crippen molar-refractivity contribution in [2.24, 2.45) is 5.73 Å². The first-order valence-corrected chi connectivity index (χ1v) is 8.26. The molecule has 2 aromatic carbocycles. The summed E-state index contributed by atoms with van der Waals surface area (Å²) in [5.74, 6) is -1.90. The Morgan fingerprint density at radius 3 is 2.52 bits per heavy atom. The molecule has 1 unspecified atom stereocenters. The summed E-state index contributed by atoms with van der Waals surface area (Å²) in [5.41, 5.74) is 7.97. The molecule has 27 heavy (non-hydrogen) atoms. The van der Waals surface area contributed by atoms with Crippen molar-refractivity contribution in [3.63, 3.8) is 0 Å². The van der Waals surface area contributed by atoms with Crippen molar-refractivity contribution in [2.75, 3.05) is 0 Å². The van der Waals surface area contributed by atoms with Crippen LogP contribution >= 0.6 is 0 Å². The van der Waals surface area contributed by atoms with Crippen LogP contribution in [0.2, 0.25) is 0 Å². The summed E-state index contributed by atoms with van der Waals surface area (Å²) in [5, 5.41) is 9.46. The van der Waals surface area contributed by atoms with Gasteiger partial charge in [0.25, 0.3) is 0 Å². The first-order valence-electron chi connectivity index (χ1n) is 8.26. The SMILES string of the molecule is CC1=C(C(=O)OCc2ccccc2)OC(N)=C(C#N)C1c1ccc(F)cc1. The number of hydrogen-bond donors (Lipinski definition) is 1. The number of rotatable bonds is 4. The van der Waals surface area contributed by atoms with E-state index in [9.17, 15) is 14.4 Å². The quantitative estimate of drug-likeness (QED) is 0.837. The maximum absolute atomic E-state index is 13.3. The number of nitrogens with two attached hydrogens (primary N) is 1.